The van der Waals surface area contributed by atoms with Crippen molar-refractivity contribution >= 4 is 34.9 Å². The van der Waals surface area contributed by atoms with Crippen molar-refractivity contribution < 1.29 is 19.2 Å². The number of nitro groups is 1. The predicted molar refractivity (Wildman–Crippen MR) is 92.8 cm³/mol. The normalized spacial score (nSPS) is 11.5. The average molecular weight is 363 g/mol. The molecule has 2 aromatic carbocycles. The van der Waals surface area contributed by atoms with Crippen molar-refractivity contribution in [3.63, 3.8) is 0 Å². The number of amides is 1. The number of hydrogen-bond donors (Lipinski definition) is 1. The van der Waals surface area contributed by atoms with Crippen LogP contribution in [-0.2, 0) is 9.53 Å². The van der Waals surface area contributed by atoms with Crippen LogP contribution in [0.1, 0.15) is 22.8 Å². The molecule has 0 aliphatic heterocycles. The summed E-state index contributed by atoms with van der Waals surface area (Å²) in [5.41, 5.74) is 0.709. The van der Waals surface area contributed by atoms with E-state index in [1.807, 2.05) is 6.92 Å². The van der Waals surface area contributed by atoms with Gasteiger partial charge in [-0.25, -0.2) is 4.79 Å². The van der Waals surface area contributed by atoms with Crippen LogP contribution in [0.25, 0.3) is 0 Å². The number of rotatable bonds is 5. The van der Waals surface area contributed by atoms with E-state index >= 15 is 0 Å². The smallest absolute Gasteiger partial charge is 0.345 e. The van der Waals surface area contributed by atoms with Crippen molar-refractivity contribution in [1.82, 2.24) is 0 Å². The van der Waals surface area contributed by atoms with E-state index in [4.69, 9.17) is 16.3 Å². The van der Waals surface area contributed by atoms with Gasteiger partial charge in [-0.15, -0.1) is 0 Å². The lowest BCUT2D eigenvalue weighted by atomic mass is 10.2. The van der Waals surface area contributed by atoms with Gasteiger partial charge in [-0.1, -0.05) is 29.8 Å². The number of para-hydroxylation sites is 1. The molecule has 0 heterocycles. The summed E-state index contributed by atoms with van der Waals surface area (Å²) in [6.45, 7) is 3.20. The highest BCUT2D eigenvalue weighted by atomic mass is 35.5. The third kappa shape index (κ3) is 4.54. The van der Waals surface area contributed by atoms with E-state index in [1.165, 1.54) is 31.2 Å². The molecule has 1 amide bonds. The van der Waals surface area contributed by atoms with Gasteiger partial charge in [0.15, 0.2) is 6.10 Å². The molecule has 0 spiro atoms. The molecule has 2 rings (SSSR count). The van der Waals surface area contributed by atoms with Crippen LogP contribution in [0.5, 0.6) is 0 Å². The van der Waals surface area contributed by atoms with Crippen LogP contribution in [0.3, 0.4) is 0 Å². The molecule has 0 fully saturated rings. The summed E-state index contributed by atoms with van der Waals surface area (Å²) in [6, 6.07) is 10.3. The summed E-state index contributed by atoms with van der Waals surface area (Å²) in [4.78, 5) is 34.5. The number of nitro benzene ring substituents is 1. The number of carbonyl (C=O) groups excluding carboxylic acids is 2. The number of aryl methyl sites for hydroxylation is 1. The first kappa shape index (κ1) is 18.4. The summed E-state index contributed by atoms with van der Waals surface area (Å²) in [5, 5.41) is 14.0. The largest absolute Gasteiger partial charge is 0.449 e. The quantitative estimate of drug-likeness (QED) is 0.496. The average Bonchev–Trinajstić information content (AvgIpc) is 2.58. The molecular formula is C17H15ClN2O5. The summed E-state index contributed by atoms with van der Waals surface area (Å²) >= 11 is 5.99. The van der Waals surface area contributed by atoms with Gasteiger partial charge in [-0.05, 0) is 37.6 Å². The van der Waals surface area contributed by atoms with Crippen LogP contribution in [0, 0.1) is 17.0 Å². The summed E-state index contributed by atoms with van der Waals surface area (Å²) < 4.78 is 5.03. The van der Waals surface area contributed by atoms with E-state index in [0.29, 0.717) is 10.7 Å². The first-order valence-electron chi connectivity index (χ1n) is 7.31. The van der Waals surface area contributed by atoms with E-state index in [9.17, 15) is 19.7 Å². The Morgan fingerprint density at radius 1 is 1.24 bits per heavy atom. The third-order valence-electron chi connectivity index (χ3n) is 3.41. The summed E-state index contributed by atoms with van der Waals surface area (Å²) in [7, 11) is 0. The number of halogens is 1. The molecule has 1 atom stereocenters. The van der Waals surface area contributed by atoms with Crippen LogP contribution < -0.4 is 5.32 Å². The van der Waals surface area contributed by atoms with Crippen molar-refractivity contribution in [3.8, 4) is 0 Å². The minimum absolute atomic E-state index is 0.217. The first-order valence-corrected chi connectivity index (χ1v) is 7.69. The number of nitrogens with zero attached hydrogens (tertiary/aromatic N) is 1. The monoisotopic (exact) mass is 362 g/mol. The van der Waals surface area contributed by atoms with Gasteiger partial charge in [-0.3, -0.25) is 14.9 Å². The van der Waals surface area contributed by atoms with Crippen LogP contribution >= 0.6 is 11.6 Å². The molecule has 0 bridgehead atoms. The van der Waals surface area contributed by atoms with Gasteiger partial charge in [0.2, 0.25) is 0 Å². The molecule has 8 heteroatoms. The molecule has 0 aliphatic rings. The predicted octanol–water partition coefficient (Wildman–Crippen LogP) is 3.74. The van der Waals surface area contributed by atoms with Crippen molar-refractivity contribution in [1.29, 1.82) is 0 Å². The zero-order valence-electron chi connectivity index (χ0n) is 13.5. The van der Waals surface area contributed by atoms with E-state index in [1.54, 1.807) is 18.2 Å². The van der Waals surface area contributed by atoms with Gasteiger partial charge in [0, 0.05) is 16.8 Å². The number of benzene rings is 2. The lowest BCUT2D eigenvalue weighted by Gasteiger charge is -2.14. The molecule has 25 heavy (non-hydrogen) atoms. The third-order valence-corrected chi connectivity index (χ3v) is 3.82. The SMILES string of the molecule is Cc1ccc(NC(=O)C(C)OC(=O)c2ccccc2[N+](=O)[O-])cc1Cl. The molecular weight excluding hydrogens is 348 g/mol. The molecule has 7 nitrogen and oxygen atoms in total. The molecule has 130 valence electrons. The van der Waals surface area contributed by atoms with E-state index in [-0.39, 0.29) is 11.3 Å². The summed E-state index contributed by atoms with van der Waals surface area (Å²) in [5.74, 6) is -1.52. The van der Waals surface area contributed by atoms with Gasteiger partial charge in [-0.2, -0.15) is 0 Å². The van der Waals surface area contributed by atoms with Crippen molar-refractivity contribution in [3.05, 3.63) is 68.7 Å². The van der Waals surface area contributed by atoms with Crippen LogP contribution in [0.4, 0.5) is 11.4 Å². The number of esters is 1. The maximum atomic E-state index is 12.1. The zero-order chi connectivity index (χ0) is 18.6. The Morgan fingerprint density at radius 2 is 1.92 bits per heavy atom. The zero-order valence-corrected chi connectivity index (χ0v) is 14.2. The van der Waals surface area contributed by atoms with Crippen LogP contribution in [0.15, 0.2) is 42.5 Å². The lowest BCUT2D eigenvalue weighted by molar-refractivity contribution is -0.385. The van der Waals surface area contributed by atoms with Crippen molar-refractivity contribution in [2.75, 3.05) is 5.32 Å². The number of hydrogen-bond acceptors (Lipinski definition) is 5. The van der Waals surface area contributed by atoms with E-state index in [0.717, 1.165) is 5.56 Å². The Morgan fingerprint density at radius 3 is 2.56 bits per heavy atom. The molecule has 1 unspecified atom stereocenters. The number of anilines is 1. The van der Waals surface area contributed by atoms with Gasteiger partial charge >= 0.3 is 5.97 Å². The second kappa shape index (κ2) is 7.76. The first-order chi connectivity index (χ1) is 11.8. The van der Waals surface area contributed by atoms with Gasteiger partial charge in [0.1, 0.15) is 5.56 Å². The van der Waals surface area contributed by atoms with Gasteiger partial charge in [0.25, 0.3) is 11.6 Å². The fourth-order valence-corrected chi connectivity index (χ4v) is 2.18. The maximum Gasteiger partial charge on any atom is 0.345 e. The standard InChI is InChI=1S/C17H15ClN2O5/c1-10-7-8-12(9-14(10)18)19-16(21)11(2)25-17(22)13-5-3-4-6-15(13)20(23)24/h3-9,11H,1-2H3,(H,19,21). The minimum atomic E-state index is -1.15. The van der Waals surface area contributed by atoms with E-state index < -0.39 is 22.9 Å². The number of ether oxygens (including phenoxy) is 1. The minimum Gasteiger partial charge on any atom is -0.449 e. The number of carbonyl (C=O) groups is 2. The van der Waals surface area contributed by atoms with Crippen molar-refractivity contribution in [2.24, 2.45) is 0 Å². The van der Waals surface area contributed by atoms with Crippen LogP contribution in [-0.4, -0.2) is 22.9 Å². The topological polar surface area (TPSA) is 98.5 Å². The Balaban J connectivity index is 2.07. The maximum absolute atomic E-state index is 12.1. The highest BCUT2D eigenvalue weighted by molar-refractivity contribution is 6.31. The molecule has 0 saturated carbocycles. The molecule has 0 aliphatic carbocycles. The molecule has 0 saturated heterocycles. The van der Waals surface area contributed by atoms with E-state index in [2.05, 4.69) is 5.32 Å². The highest BCUT2D eigenvalue weighted by Gasteiger charge is 2.25. The van der Waals surface area contributed by atoms with Crippen molar-refractivity contribution in [2.45, 2.75) is 20.0 Å². The fourth-order valence-electron chi connectivity index (χ4n) is 2.00. The Labute approximate surface area is 148 Å². The summed E-state index contributed by atoms with van der Waals surface area (Å²) in [6.07, 6.45) is -1.15. The Kier molecular flexibility index (Phi) is 5.71. The van der Waals surface area contributed by atoms with Crippen LogP contribution in [0.2, 0.25) is 5.02 Å². The molecule has 0 radical (unpaired) electrons. The molecule has 1 N–H and O–H groups in total. The Bertz CT molecular complexity index is 838. The van der Waals surface area contributed by atoms with Gasteiger partial charge in [0.05, 0.1) is 4.92 Å². The van der Waals surface area contributed by atoms with Gasteiger partial charge < -0.3 is 10.1 Å². The molecule has 2 aromatic rings. The second-order valence-corrected chi connectivity index (χ2v) is 5.68. The second-order valence-electron chi connectivity index (χ2n) is 5.28. The molecule has 0 aromatic heterocycles. The number of nitrogens with one attached hydrogen (secondary N) is 1. The highest BCUT2D eigenvalue weighted by Crippen LogP contribution is 2.21. The fraction of sp³-hybridized carbons (Fsp3) is 0.176. The lowest BCUT2D eigenvalue weighted by Crippen LogP contribution is -2.30. The Hall–Kier alpha value is -2.93.